The number of anilines is 2. The van der Waals surface area contributed by atoms with Gasteiger partial charge in [0.15, 0.2) is 0 Å². The fourth-order valence-electron chi connectivity index (χ4n) is 4.06. The third-order valence-corrected chi connectivity index (χ3v) is 5.86. The van der Waals surface area contributed by atoms with Crippen LogP contribution in [0.3, 0.4) is 0 Å². The lowest BCUT2D eigenvalue weighted by Gasteiger charge is -2.31. The molecule has 1 saturated heterocycles. The molecule has 3 aromatic rings. The van der Waals surface area contributed by atoms with Gasteiger partial charge in [0.2, 0.25) is 5.95 Å². The van der Waals surface area contributed by atoms with Crippen LogP contribution in [0.25, 0.3) is 11.3 Å². The van der Waals surface area contributed by atoms with Gasteiger partial charge in [-0.25, -0.2) is 9.78 Å². The van der Waals surface area contributed by atoms with Crippen LogP contribution in [0, 0.1) is 0 Å². The Balaban J connectivity index is 0.00000420. The van der Waals surface area contributed by atoms with Crippen LogP contribution < -0.4 is 10.2 Å². The predicted molar refractivity (Wildman–Crippen MR) is 141 cm³/mol. The minimum Gasteiger partial charge on any atom is -0.447 e. The average molecular weight is 547 g/mol. The second-order valence-electron chi connectivity index (χ2n) is 9.96. The summed E-state index contributed by atoms with van der Waals surface area (Å²) in [6.07, 6.45) is -0.978. The fourth-order valence-corrected chi connectivity index (χ4v) is 4.06. The number of carbonyl (C=O) groups is 1. The minimum atomic E-state index is -4.50. The summed E-state index contributed by atoms with van der Waals surface area (Å²) in [4.78, 5) is 30.6. The molecule has 1 fully saturated rings. The molecule has 4 heterocycles. The van der Waals surface area contributed by atoms with Crippen molar-refractivity contribution in [3.05, 3.63) is 60.2 Å². The number of hydrogen-bond acceptors (Lipinski definition) is 8. The molecule has 0 radical (unpaired) electrons. The van der Waals surface area contributed by atoms with E-state index in [1.165, 1.54) is 11.0 Å². The highest BCUT2D eigenvalue weighted by Gasteiger charge is 2.40. The SMILES string of the molecule is C.C[C@H](Nc1nccc(N2C(=O)OC[C@@H]2[C@@H](C)OC(C)(C)C)n1)c1ccc(-c2ccc(C(F)(F)F)nc2)nc1. The van der Waals surface area contributed by atoms with Gasteiger partial charge in [-0.15, -0.1) is 0 Å². The van der Waals surface area contributed by atoms with Gasteiger partial charge in [0.05, 0.1) is 23.4 Å². The normalized spacial score (nSPS) is 17.3. The van der Waals surface area contributed by atoms with E-state index >= 15 is 0 Å². The molecule has 0 unspecified atom stereocenters. The highest BCUT2D eigenvalue weighted by molar-refractivity contribution is 5.89. The molecule has 0 aromatic carbocycles. The Morgan fingerprint density at radius 2 is 1.79 bits per heavy atom. The largest absolute Gasteiger partial charge is 0.447 e. The quantitative estimate of drug-likeness (QED) is 0.369. The summed E-state index contributed by atoms with van der Waals surface area (Å²) >= 11 is 0. The van der Waals surface area contributed by atoms with Gasteiger partial charge in [0, 0.05) is 24.2 Å². The lowest BCUT2D eigenvalue weighted by molar-refractivity contribution is -0.141. The maximum atomic E-state index is 12.8. The number of cyclic esters (lactones) is 1. The zero-order valence-corrected chi connectivity index (χ0v) is 21.7. The molecule has 9 nitrogen and oxygen atoms in total. The van der Waals surface area contributed by atoms with Crippen molar-refractivity contribution >= 4 is 17.9 Å². The van der Waals surface area contributed by atoms with Gasteiger partial charge < -0.3 is 14.8 Å². The van der Waals surface area contributed by atoms with Gasteiger partial charge in [-0.1, -0.05) is 13.5 Å². The van der Waals surface area contributed by atoms with Gasteiger partial charge in [-0.3, -0.25) is 14.9 Å². The van der Waals surface area contributed by atoms with Crippen LogP contribution in [-0.4, -0.2) is 50.4 Å². The van der Waals surface area contributed by atoms with E-state index in [1.807, 2.05) is 34.6 Å². The summed E-state index contributed by atoms with van der Waals surface area (Å²) in [6.45, 7) is 9.80. The van der Waals surface area contributed by atoms with Crippen LogP contribution in [-0.2, 0) is 15.7 Å². The number of hydrogen-bond donors (Lipinski definition) is 1. The van der Waals surface area contributed by atoms with Crippen molar-refractivity contribution in [3.8, 4) is 11.3 Å². The molecule has 1 aliphatic heterocycles. The number of pyridine rings is 2. The number of ether oxygens (including phenoxy) is 2. The van der Waals surface area contributed by atoms with Crippen LogP contribution in [0.4, 0.5) is 29.7 Å². The van der Waals surface area contributed by atoms with Crippen molar-refractivity contribution in [2.45, 2.75) is 72.0 Å². The molecule has 12 heteroatoms. The molecule has 3 atom stereocenters. The van der Waals surface area contributed by atoms with Crippen LogP contribution in [0.5, 0.6) is 0 Å². The van der Waals surface area contributed by atoms with Crippen molar-refractivity contribution in [1.82, 2.24) is 19.9 Å². The van der Waals surface area contributed by atoms with Gasteiger partial charge in [-0.05, 0) is 64.4 Å². The standard InChI is InChI=1S/C26H29F3N6O3.CH4/c1-15(17-6-8-19(31-12-17)18-7-9-21(32-13-18)26(27,28)29)33-23-30-11-10-22(34-23)35-20(14-37-24(35)36)16(2)38-25(3,4)5;/h6-13,15-16,20H,14H2,1-5H3,(H,30,33,34);1H4/t15-,16+,20+;/m0./s1. The van der Waals surface area contributed by atoms with E-state index < -0.39 is 23.6 Å². The molecule has 39 heavy (non-hydrogen) atoms. The molecule has 0 bridgehead atoms. The van der Waals surface area contributed by atoms with Gasteiger partial charge in [0.1, 0.15) is 24.2 Å². The number of carbonyl (C=O) groups excluding carboxylic acids is 1. The van der Waals surface area contributed by atoms with Crippen LogP contribution in [0.2, 0.25) is 0 Å². The Hall–Kier alpha value is -3.80. The summed E-state index contributed by atoms with van der Waals surface area (Å²) in [6, 6.07) is 6.80. The second-order valence-corrected chi connectivity index (χ2v) is 9.96. The molecule has 0 spiro atoms. The Morgan fingerprint density at radius 1 is 1.05 bits per heavy atom. The first-order valence-electron chi connectivity index (χ1n) is 12.0. The maximum absolute atomic E-state index is 12.8. The van der Waals surface area contributed by atoms with Gasteiger partial charge >= 0.3 is 12.3 Å². The Kier molecular flexibility index (Phi) is 8.79. The van der Waals surface area contributed by atoms with E-state index in [2.05, 4.69) is 25.3 Å². The summed E-state index contributed by atoms with van der Waals surface area (Å²) in [7, 11) is 0. The highest BCUT2D eigenvalue weighted by atomic mass is 19.4. The first-order valence-corrected chi connectivity index (χ1v) is 12.0. The van der Waals surface area contributed by atoms with E-state index in [-0.39, 0.29) is 32.2 Å². The average Bonchev–Trinajstić information content (AvgIpc) is 3.24. The van der Waals surface area contributed by atoms with Crippen molar-refractivity contribution in [3.63, 3.8) is 0 Å². The molecule has 1 N–H and O–H groups in total. The number of aromatic nitrogens is 4. The summed E-state index contributed by atoms with van der Waals surface area (Å²) in [5, 5.41) is 3.19. The lowest BCUT2D eigenvalue weighted by Crippen LogP contribution is -2.45. The minimum absolute atomic E-state index is 0. The molecule has 1 amide bonds. The zero-order chi connectivity index (χ0) is 27.7. The monoisotopic (exact) mass is 546 g/mol. The Bertz CT molecular complexity index is 1260. The zero-order valence-electron chi connectivity index (χ0n) is 21.7. The predicted octanol–water partition coefficient (Wildman–Crippen LogP) is 6.29. The van der Waals surface area contributed by atoms with E-state index in [0.29, 0.717) is 23.0 Å². The molecule has 3 aromatic heterocycles. The first-order chi connectivity index (χ1) is 17.8. The van der Waals surface area contributed by atoms with E-state index in [4.69, 9.17) is 9.47 Å². The third kappa shape index (κ3) is 7.20. The smallest absolute Gasteiger partial charge is 0.433 e. The second kappa shape index (κ2) is 11.5. The van der Waals surface area contributed by atoms with Crippen molar-refractivity contribution < 1.29 is 27.4 Å². The van der Waals surface area contributed by atoms with E-state index in [9.17, 15) is 18.0 Å². The lowest BCUT2D eigenvalue weighted by atomic mass is 10.1. The molecule has 0 aliphatic carbocycles. The molecule has 210 valence electrons. The topological polar surface area (TPSA) is 102 Å². The molecule has 4 rings (SSSR count). The van der Waals surface area contributed by atoms with Crippen molar-refractivity contribution in [2.75, 3.05) is 16.8 Å². The third-order valence-electron chi connectivity index (χ3n) is 5.86. The fraction of sp³-hybridized carbons (Fsp3) is 0.444. The summed E-state index contributed by atoms with van der Waals surface area (Å²) in [5.41, 5.74) is 0.413. The van der Waals surface area contributed by atoms with Crippen molar-refractivity contribution in [1.29, 1.82) is 0 Å². The summed E-state index contributed by atoms with van der Waals surface area (Å²) in [5.74, 6) is 0.684. The van der Waals surface area contributed by atoms with Gasteiger partial charge in [0.25, 0.3) is 0 Å². The molecule has 0 saturated carbocycles. The Morgan fingerprint density at radius 3 is 2.38 bits per heavy atom. The summed E-state index contributed by atoms with van der Waals surface area (Å²) < 4.78 is 49.6. The Labute approximate surface area is 225 Å². The van der Waals surface area contributed by atoms with E-state index in [1.54, 1.807) is 30.6 Å². The highest BCUT2D eigenvalue weighted by Crippen LogP contribution is 2.30. The number of rotatable bonds is 7. The van der Waals surface area contributed by atoms with E-state index in [0.717, 1.165) is 17.8 Å². The van der Waals surface area contributed by atoms with Crippen molar-refractivity contribution in [2.24, 2.45) is 0 Å². The number of amides is 1. The number of halogens is 3. The molecule has 1 aliphatic rings. The van der Waals surface area contributed by atoms with Crippen LogP contribution >= 0.6 is 0 Å². The number of alkyl halides is 3. The maximum Gasteiger partial charge on any atom is 0.433 e. The van der Waals surface area contributed by atoms with Crippen LogP contribution in [0.1, 0.15) is 59.3 Å². The van der Waals surface area contributed by atoms with Gasteiger partial charge in [-0.2, -0.15) is 18.2 Å². The molecular formula is C27H33F3N6O3. The number of nitrogens with one attached hydrogen (secondary N) is 1. The van der Waals surface area contributed by atoms with Crippen LogP contribution in [0.15, 0.2) is 48.9 Å². The first kappa shape index (κ1) is 29.8. The molecular weight excluding hydrogens is 513 g/mol. The number of nitrogens with zero attached hydrogens (tertiary/aromatic N) is 5.